The smallest absolute Gasteiger partial charge is 0.133 e. The lowest BCUT2D eigenvalue weighted by Crippen LogP contribution is -1.90. The van der Waals surface area contributed by atoms with Gasteiger partial charge in [-0.25, -0.2) is 0 Å². The van der Waals surface area contributed by atoms with Gasteiger partial charge in [0.25, 0.3) is 0 Å². The molecule has 1 aromatic rings. The molecule has 0 radical (unpaired) electrons. The molecule has 0 unspecified atom stereocenters. The largest absolute Gasteiger partial charge is 0.496 e. The van der Waals surface area contributed by atoms with E-state index < -0.39 is 0 Å². The molecule has 0 heterocycles. The van der Waals surface area contributed by atoms with Crippen LogP contribution in [-0.4, -0.2) is 7.11 Å². The molecule has 0 bridgehead atoms. The van der Waals surface area contributed by atoms with Crippen molar-refractivity contribution in [1.82, 2.24) is 0 Å². The Morgan fingerprint density at radius 2 is 2.17 bits per heavy atom. The first-order chi connectivity index (χ1) is 5.69. The summed E-state index contributed by atoms with van der Waals surface area (Å²) in [7, 11) is 1.65. The second-order valence-corrected chi connectivity index (χ2v) is 3.67. The van der Waals surface area contributed by atoms with Gasteiger partial charge in [-0.05, 0) is 46.1 Å². The van der Waals surface area contributed by atoms with E-state index in [2.05, 4.69) is 15.9 Å². The van der Waals surface area contributed by atoms with Crippen molar-refractivity contribution in [3.05, 3.63) is 27.7 Å². The first-order valence-electron chi connectivity index (χ1n) is 3.58. The van der Waals surface area contributed by atoms with E-state index in [0.717, 1.165) is 21.3 Å². The van der Waals surface area contributed by atoms with E-state index in [9.17, 15) is 0 Å². The number of methoxy groups -OCH3 is 1. The third-order valence-corrected chi connectivity index (χ3v) is 2.66. The molecule has 1 nitrogen and oxygen atoms in total. The van der Waals surface area contributed by atoms with E-state index in [-0.39, 0.29) is 0 Å². The van der Waals surface area contributed by atoms with Crippen LogP contribution in [0.25, 0.3) is 0 Å². The number of aryl methyl sites for hydroxylation is 1. The molecule has 0 aromatic heterocycles. The normalized spacial score (nSPS) is 10.0. The molecule has 0 aliphatic heterocycles. The lowest BCUT2D eigenvalue weighted by atomic mass is 10.1. The maximum absolute atomic E-state index is 5.74. The Kier molecular flexibility index (Phi) is 3.41. The van der Waals surface area contributed by atoms with Gasteiger partial charge in [-0.3, -0.25) is 0 Å². The molecule has 0 aliphatic carbocycles. The SMILES string of the molecule is COc1cc(C)c(CCl)cc1Br. The van der Waals surface area contributed by atoms with Gasteiger partial charge in [0.15, 0.2) is 0 Å². The summed E-state index contributed by atoms with van der Waals surface area (Å²) in [6.45, 7) is 2.02. The minimum absolute atomic E-state index is 0.536. The zero-order chi connectivity index (χ0) is 9.14. The number of rotatable bonds is 2. The first kappa shape index (κ1) is 9.87. The molecule has 12 heavy (non-hydrogen) atoms. The van der Waals surface area contributed by atoms with Crippen LogP contribution in [-0.2, 0) is 5.88 Å². The predicted octanol–water partition coefficient (Wildman–Crippen LogP) is 3.50. The molecule has 1 rings (SSSR count). The number of hydrogen-bond acceptors (Lipinski definition) is 1. The summed E-state index contributed by atoms with van der Waals surface area (Å²) >= 11 is 9.14. The third kappa shape index (κ3) is 1.93. The molecule has 0 spiro atoms. The summed E-state index contributed by atoms with van der Waals surface area (Å²) in [6.07, 6.45) is 0. The van der Waals surface area contributed by atoms with Gasteiger partial charge in [0.1, 0.15) is 5.75 Å². The van der Waals surface area contributed by atoms with Gasteiger partial charge in [0, 0.05) is 5.88 Å². The topological polar surface area (TPSA) is 9.23 Å². The van der Waals surface area contributed by atoms with Crippen LogP contribution in [0.1, 0.15) is 11.1 Å². The predicted molar refractivity (Wildman–Crippen MR) is 55.0 cm³/mol. The van der Waals surface area contributed by atoms with Crippen LogP contribution < -0.4 is 4.74 Å². The van der Waals surface area contributed by atoms with Crippen molar-refractivity contribution in [3.8, 4) is 5.75 Å². The Balaban J connectivity index is 3.16. The van der Waals surface area contributed by atoms with Crippen molar-refractivity contribution < 1.29 is 4.74 Å². The van der Waals surface area contributed by atoms with Crippen LogP contribution in [0.5, 0.6) is 5.75 Å². The van der Waals surface area contributed by atoms with Gasteiger partial charge in [-0.1, -0.05) is 0 Å². The average Bonchev–Trinajstić information content (AvgIpc) is 2.08. The lowest BCUT2D eigenvalue weighted by Gasteiger charge is -2.07. The van der Waals surface area contributed by atoms with Crippen LogP contribution in [0.15, 0.2) is 16.6 Å². The van der Waals surface area contributed by atoms with Crippen molar-refractivity contribution in [3.63, 3.8) is 0 Å². The highest BCUT2D eigenvalue weighted by molar-refractivity contribution is 9.10. The molecule has 0 N–H and O–H groups in total. The van der Waals surface area contributed by atoms with E-state index in [0.29, 0.717) is 5.88 Å². The highest BCUT2D eigenvalue weighted by Gasteiger charge is 2.04. The van der Waals surface area contributed by atoms with E-state index in [1.807, 2.05) is 19.1 Å². The molecule has 3 heteroatoms. The third-order valence-electron chi connectivity index (χ3n) is 1.75. The van der Waals surface area contributed by atoms with Crippen molar-refractivity contribution in [2.45, 2.75) is 12.8 Å². The van der Waals surface area contributed by atoms with Gasteiger partial charge in [-0.2, -0.15) is 0 Å². The fourth-order valence-corrected chi connectivity index (χ4v) is 1.84. The van der Waals surface area contributed by atoms with Crippen LogP contribution in [0.2, 0.25) is 0 Å². The lowest BCUT2D eigenvalue weighted by molar-refractivity contribution is 0.411. The second kappa shape index (κ2) is 4.15. The minimum atomic E-state index is 0.536. The van der Waals surface area contributed by atoms with Gasteiger partial charge in [-0.15, -0.1) is 11.6 Å². The van der Waals surface area contributed by atoms with Crippen LogP contribution in [0, 0.1) is 6.92 Å². The first-order valence-corrected chi connectivity index (χ1v) is 4.90. The van der Waals surface area contributed by atoms with Gasteiger partial charge >= 0.3 is 0 Å². The van der Waals surface area contributed by atoms with Gasteiger partial charge in [0.05, 0.1) is 11.6 Å². The van der Waals surface area contributed by atoms with E-state index >= 15 is 0 Å². The molecular formula is C9H10BrClO. The molecule has 0 fully saturated rings. The zero-order valence-corrected chi connectivity index (χ0v) is 9.37. The van der Waals surface area contributed by atoms with Crippen LogP contribution in [0.4, 0.5) is 0 Å². The molecule has 0 saturated heterocycles. The Morgan fingerprint density at radius 1 is 1.50 bits per heavy atom. The quantitative estimate of drug-likeness (QED) is 0.729. The maximum Gasteiger partial charge on any atom is 0.133 e. The summed E-state index contributed by atoms with van der Waals surface area (Å²) in [5.41, 5.74) is 2.29. The molecule has 0 atom stereocenters. The summed E-state index contributed by atoms with van der Waals surface area (Å²) in [5.74, 6) is 1.38. The molecule has 0 saturated carbocycles. The highest BCUT2D eigenvalue weighted by atomic mass is 79.9. The molecule has 1 aromatic carbocycles. The molecule has 66 valence electrons. The Hall–Kier alpha value is -0.210. The monoisotopic (exact) mass is 248 g/mol. The van der Waals surface area contributed by atoms with Crippen LogP contribution >= 0.6 is 27.5 Å². The minimum Gasteiger partial charge on any atom is -0.496 e. The summed E-state index contributed by atoms with van der Waals surface area (Å²) in [6, 6.07) is 3.96. The van der Waals surface area contributed by atoms with Crippen molar-refractivity contribution in [2.75, 3.05) is 7.11 Å². The molecular weight excluding hydrogens is 239 g/mol. The van der Waals surface area contributed by atoms with E-state index in [4.69, 9.17) is 16.3 Å². The number of alkyl halides is 1. The standard InChI is InChI=1S/C9H10BrClO/c1-6-3-9(12-2)8(10)4-7(6)5-11/h3-4H,5H2,1-2H3. The summed E-state index contributed by atoms with van der Waals surface area (Å²) in [4.78, 5) is 0. The number of halogens is 2. The Bertz CT molecular complexity index is 256. The number of benzene rings is 1. The van der Waals surface area contributed by atoms with Gasteiger partial charge < -0.3 is 4.74 Å². The van der Waals surface area contributed by atoms with Gasteiger partial charge in [0.2, 0.25) is 0 Å². The Morgan fingerprint density at radius 3 is 2.67 bits per heavy atom. The fraction of sp³-hybridized carbons (Fsp3) is 0.333. The number of ether oxygens (including phenoxy) is 1. The maximum atomic E-state index is 5.74. The summed E-state index contributed by atoms with van der Waals surface area (Å²) in [5, 5.41) is 0. The average molecular weight is 250 g/mol. The van der Waals surface area contributed by atoms with Crippen molar-refractivity contribution in [2.24, 2.45) is 0 Å². The number of hydrogen-bond donors (Lipinski definition) is 0. The second-order valence-electron chi connectivity index (χ2n) is 2.55. The van der Waals surface area contributed by atoms with E-state index in [1.54, 1.807) is 7.11 Å². The fourth-order valence-electron chi connectivity index (χ4n) is 0.997. The summed E-state index contributed by atoms with van der Waals surface area (Å²) < 4.78 is 6.09. The van der Waals surface area contributed by atoms with Crippen LogP contribution in [0.3, 0.4) is 0 Å². The van der Waals surface area contributed by atoms with Crippen molar-refractivity contribution >= 4 is 27.5 Å². The molecule has 0 amide bonds. The highest BCUT2D eigenvalue weighted by Crippen LogP contribution is 2.28. The zero-order valence-electron chi connectivity index (χ0n) is 7.03. The Labute approximate surface area is 85.8 Å². The van der Waals surface area contributed by atoms with E-state index in [1.165, 1.54) is 0 Å². The van der Waals surface area contributed by atoms with Crippen molar-refractivity contribution in [1.29, 1.82) is 0 Å². The molecule has 0 aliphatic rings.